The number of carbonyl (C=O) groups is 1. The number of aromatic nitrogens is 3. The Labute approximate surface area is 255 Å². The Morgan fingerprint density at radius 1 is 0.977 bits per heavy atom. The van der Waals surface area contributed by atoms with Crippen molar-refractivity contribution in [2.24, 2.45) is 14.1 Å². The zero-order valence-electron chi connectivity index (χ0n) is 25.9. The van der Waals surface area contributed by atoms with Crippen molar-refractivity contribution in [2.45, 2.75) is 38.8 Å². The average Bonchev–Trinajstić information content (AvgIpc) is 3.42. The van der Waals surface area contributed by atoms with E-state index in [1.54, 1.807) is 20.3 Å². The van der Waals surface area contributed by atoms with E-state index in [2.05, 4.69) is 35.3 Å². The third kappa shape index (κ3) is 4.93. The summed E-state index contributed by atoms with van der Waals surface area (Å²) < 4.78 is 13.5. The number of anilines is 1. The number of aryl methyl sites for hydroxylation is 2. The molecule has 6 rings (SSSR count). The van der Waals surface area contributed by atoms with Crippen LogP contribution in [0.4, 0.5) is 5.69 Å². The number of hydrogen-bond acceptors (Lipinski definition) is 7. The zero-order valence-corrected chi connectivity index (χ0v) is 25.9. The second-order valence-electron chi connectivity index (χ2n) is 11.7. The van der Waals surface area contributed by atoms with Crippen LogP contribution >= 0.6 is 0 Å². The lowest BCUT2D eigenvalue weighted by Crippen LogP contribution is -2.52. The van der Waals surface area contributed by atoms with Crippen molar-refractivity contribution in [1.82, 2.24) is 19.0 Å². The van der Waals surface area contributed by atoms with E-state index in [1.807, 2.05) is 25.1 Å². The molecule has 1 fully saturated rings. The largest absolute Gasteiger partial charge is 0.481 e. The van der Waals surface area contributed by atoms with E-state index in [9.17, 15) is 14.4 Å². The fourth-order valence-corrected chi connectivity index (χ4v) is 6.54. The summed E-state index contributed by atoms with van der Waals surface area (Å²) in [5, 5.41) is 2.88. The molecule has 1 aliphatic carbocycles. The second kappa shape index (κ2) is 11.5. The Bertz CT molecular complexity index is 1900. The fraction of sp³-hybridized carbons (Fsp3) is 0.353. The van der Waals surface area contributed by atoms with Gasteiger partial charge in [0.15, 0.2) is 0 Å². The maximum atomic E-state index is 13.2. The van der Waals surface area contributed by atoms with Crippen molar-refractivity contribution in [3.05, 3.63) is 97.3 Å². The second-order valence-corrected chi connectivity index (χ2v) is 11.7. The minimum atomic E-state index is -0.643. The van der Waals surface area contributed by atoms with Crippen LogP contribution in [0, 0.1) is 13.8 Å². The van der Waals surface area contributed by atoms with E-state index in [0.29, 0.717) is 23.7 Å². The summed E-state index contributed by atoms with van der Waals surface area (Å²) in [6.07, 6.45) is 3.57. The molecule has 1 saturated heterocycles. The van der Waals surface area contributed by atoms with Crippen molar-refractivity contribution >= 4 is 11.6 Å². The molecule has 10 nitrogen and oxygen atoms in total. The number of nitrogens with zero attached hydrogens (tertiary/aromatic N) is 4. The van der Waals surface area contributed by atoms with Gasteiger partial charge in [-0.05, 0) is 66.6 Å². The number of methoxy groups -OCH3 is 2. The minimum Gasteiger partial charge on any atom is -0.481 e. The molecule has 2 aromatic heterocycles. The highest BCUT2D eigenvalue weighted by Crippen LogP contribution is 2.45. The molecular formula is C34H37N5O5. The van der Waals surface area contributed by atoms with E-state index < -0.39 is 17.2 Å². The Hall–Kier alpha value is -4.54. The van der Waals surface area contributed by atoms with Crippen LogP contribution in [0.15, 0.2) is 58.3 Å². The predicted octanol–water partition coefficient (Wildman–Crippen LogP) is 4.01. The van der Waals surface area contributed by atoms with Gasteiger partial charge < -0.3 is 19.4 Å². The van der Waals surface area contributed by atoms with Gasteiger partial charge in [-0.1, -0.05) is 30.3 Å². The summed E-state index contributed by atoms with van der Waals surface area (Å²) in [5.41, 5.74) is 7.55. The summed E-state index contributed by atoms with van der Waals surface area (Å²) in [6.45, 7) is 5.87. The molecule has 0 saturated carbocycles. The van der Waals surface area contributed by atoms with Crippen LogP contribution in [0.2, 0.25) is 0 Å². The lowest BCUT2D eigenvalue weighted by molar-refractivity contribution is -0.0514. The van der Waals surface area contributed by atoms with Gasteiger partial charge in [-0.25, -0.2) is 9.78 Å². The van der Waals surface area contributed by atoms with Gasteiger partial charge in [-0.2, -0.15) is 0 Å². The standard InChI is InChI=1S/C34H37N5O5/c1-19-23(24-10-8-12-27(20(24)2)35-31(40)26-18-37(3)34(42)38(4)33(26)41)9-7-11-25(19)28-15-21-13-14-29(30(21)32(36-28)44-6)39-16-22(17-39)43-5/h7-12,15,18,22,29H,13-14,16-17H2,1-6H3,(H,35,40)/t29-/m1/s1. The molecule has 1 aliphatic heterocycles. The van der Waals surface area contributed by atoms with Gasteiger partial charge in [-0.3, -0.25) is 19.1 Å². The monoisotopic (exact) mass is 595 g/mol. The highest BCUT2D eigenvalue weighted by molar-refractivity contribution is 6.04. The molecule has 0 radical (unpaired) electrons. The molecule has 0 spiro atoms. The van der Waals surface area contributed by atoms with Gasteiger partial charge in [0.05, 0.1) is 18.9 Å². The van der Waals surface area contributed by atoms with Crippen LogP contribution in [0.5, 0.6) is 5.88 Å². The van der Waals surface area contributed by atoms with Crippen LogP contribution in [-0.4, -0.2) is 58.3 Å². The maximum Gasteiger partial charge on any atom is 0.330 e. The molecule has 1 N–H and O–H groups in total. The molecule has 44 heavy (non-hydrogen) atoms. The normalized spacial score (nSPS) is 16.5. The first-order valence-corrected chi connectivity index (χ1v) is 14.8. The fourth-order valence-electron chi connectivity index (χ4n) is 6.54. The van der Waals surface area contributed by atoms with Crippen molar-refractivity contribution < 1.29 is 14.3 Å². The molecule has 3 heterocycles. The van der Waals surface area contributed by atoms with E-state index in [4.69, 9.17) is 14.5 Å². The Morgan fingerprint density at radius 2 is 1.66 bits per heavy atom. The van der Waals surface area contributed by atoms with Gasteiger partial charge in [0.2, 0.25) is 5.88 Å². The summed E-state index contributed by atoms with van der Waals surface area (Å²) in [4.78, 5) is 45.3. The molecular weight excluding hydrogens is 558 g/mol. The SMILES string of the molecule is COc1nc(-c2cccc(-c3cccc(NC(=O)c4cn(C)c(=O)n(C)c4=O)c3C)c2C)cc2c1[C@H](N1CC(OC)C1)CC2. The van der Waals surface area contributed by atoms with Crippen LogP contribution in [-0.2, 0) is 25.3 Å². The lowest BCUT2D eigenvalue weighted by atomic mass is 9.91. The number of likely N-dealkylation sites (tertiary alicyclic amines) is 1. The lowest BCUT2D eigenvalue weighted by Gasteiger charge is -2.42. The maximum absolute atomic E-state index is 13.2. The van der Waals surface area contributed by atoms with Crippen molar-refractivity contribution in [1.29, 1.82) is 0 Å². The number of carbonyl (C=O) groups excluding carboxylic acids is 1. The molecule has 2 aliphatic rings. The number of pyridine rings is 1. The van der Waals surface area contributed by atoms with Crippen molar-refractivity contribution in [3.8, 4) is 28.3 Å². The highest BCUT2D eigenvalue weighted by atomic mass is 16.5. The van der Waals surface area contributed by atoms with E-state index in [0.717, 1.165) is 64.0 Å². The molecule has 1 atom stereocenters. The third-order valence-electron chi connectivity index (χ3n) is 9.15. The third-order valence-corrected chi connectivity index (χ3v) is 9.15. The number of rotatable bonds is 7. The quantitative estimate of drug-likeness (QED) is 0.344. The van der Waals surface area contributed by atoms with Gasteiger partial charge in [0, 0.05) is 63.3 Å². The number of nitrogens with one attached hydrogen (secondary N) is 1. The topological polar surface area (TPSA) is 108 Å². The zero-order chi connectivity index (χ0) is 31.3. The number of amides is 1. The van der Waals surface area contributed by atoms with Crippen molar-refractivity contribution in [3.63, 3.8) is 0 Å². The minimum absolute atomic E-state index is 0.107. The smallest absolute Gasteiger partial charge is 0.330 e. The molecule has 2 aromatic carbocycles. The molecule has 0 unspecified atom stereocenters. The number of benzene rings is 2. The molecule has 0 bridgehead atoms. The van der Waals surface area contributed by atoms with Gasteiger partial charge in [0.25, 0.3) is 11.5 Å². The Morgan fingerprint density at radius 3 is 2.36 bits per heavy atom. The first-order chi connectivity index (χ1) is 21.1. The van der Waals surface area contributed by atoms with Crippen LogP contribution in [0.25, 0.3) is 22.4 Å². The molecule has 10 heteroatoms. The molecule has 228 valence electrons. The number of fused-ring (bicyclic) bond motifs is 1. The molecule has 4 aromatic rings. The van der Waals surface area contributed by atoms with Crippen LogP contribution in [0.3, 0.4) is 0 Å². The van der Waals surface area contributed by atoms with Crippen LogP contribution < -0.4 is 21.3 Å². The summed E-state index contributed by atoms with van der Waals surface area (Å²) in [6, 6.07) is 14.4. The van der Waals surface area contributed by atoms with E-state index in [1.165, 1.54) is 36.0 Å². The Kier molecular flexibility index (Phi) is 7.73. The van der Waals surface area contributed by atoms with Crippen molar-refractivity contribution in [2.75, 3.05) is 32.6 Å². The van der Waals surface area contributed by atoms with Crippen LogP contribution in [0.1, 0.15) is 45.1 Å². The van der Waals surface area contributed by atoms with Gasteiger partial charge in [-0.15, -0.1) is 0 Å². The summed E-state index contributed by atoms with van der Waals surface area (Å²) >= 11 is 0. The first kappa shape index (κ1) is 29.5. The van der Waals surface area contributed by atoms with E-state index in [-0.39, 0.29) is 5.56 Å². The first-order valence-electron chi connectivity index (χ1n) is 14.8. The highest BCUT2D eigenvalue weighted by Gasteiger charge is 2.39. The van der Waals surface area contributed by atoms with Gasteiger partial charge >= 0.3 is 5.69 Å². The Balaban J connectivity index is 1.33. The number of hydrogen-bond donors (Lipinski definition) is 1. The van der Waals surface area contributed by atoms with E-state index >= 15 is 0 Å². The number of ether oxygens (including phenoxy) is 2. The predicted molar refractivity (Wildman–Crippen MR) is 169 cm³/mol. The molecule has 1 amide bonds. The summed E-state index contributed by atoms with van der Waals surface area (Å²) in [5.74, 6) is 0.103. The van der Waals surface area contributed by atoms with Gasteiger partial charge in [0.1, 0.15) is 5.56 Å². The average molecular weight is 596 g/mol. The summed E-state index contributed by atoms with van der Waals surface area (Å²) in [7, 11) is 6.32.